The van der Waals surface area contributed by atoms with Gasteiger partial charge in [0.2, 0.25) is 0 Å². The third-order valence-electron chi connectivity index (χ3n) is 2.68. The molecular weight excluding hydrogens is 295 g/mol. The largest absolute Gasteiger partial charge is 0.355 e. The highest BCUT2D eigenvalue weighted by Gasteiger charge is 2.08. The maximum Gasteiger partial charge on any atom is 0.132 e. The van der Waals surface area contributed by atoms with Crippen molar-refractivity contribution in [2.75, 3.05) is 11.9 Å². The Balaban J connectivity index is 2.19. The lowest BCUT2D eigenvalue weighted by Gasteiger charge is -2.20. The van der Waals surface area contributed by atoms with E-state index in [1.807, 2.05) is 30.1 Å². The van der Waals surface area contributed by atoms with Crippen LogP contribution in [0, 0.1) is 5.82 Å². The number of nitrogens with zero attached hydrogens (tertiary/aromatic N) is 2. The normalized spacial score (nSPS) is 10.4. The van der Waals surface area contributed by atoms with Crippen LogP contribution in [0.5, 0.6) is 0 Å². The topological polar surface area (TPSA) is 16.1 Å². The fourth-order valence-corrected chi connectivity index (χ4v) is 2.30. The first kappa shape index (κ1) is 13.0. The van der Waals surface area contributed by atoms with Gasteiger partial charge in [0.05, 0.1) is 0 Å². The van der Waals surface area contributed by atoms with Crippen LogP contribution in [0.2, 0.25) is 0 Å². The molecule has 0 aliphatic rings. The van der Waals surface area contributed by atoms with Gasteiger partial charge in [0.25, 0.3) is 0 Å². The molecule has 0 N–H and O–H groups in total. The average Bonchev–Trinajstić information content (AvgIpc) is 2.38. The quantitative estimate of drug-likeness (QED) is 0.800. The molecule has 18 heavy (non-hydrogen) atoms. The summed E-state index contributed by atoms with van der Waals surface area (Å²) in [6.07, 6.45) is 1.77. The predicted molar refractivity (Wildman–Crippen MR) is 75.4 cm³/mol. The molecule has 1 heterocycles. The molecule has 0 saturated heterocycles. The van der Waals surface area contributed by atoms with E-state index in [2.05, 4.69) is 20.9 Å². The van der Waals surface area contributed by atoms with Crippen molar-refractivity contribution in [1.29, 1.82) is 0 Å². The average molecular weight is 309 g/mol. The van der Waals surface area contributed by atoms with Crippen molar-refractivity contribution in [3.8, 4) is 0 Å². The van der Waals surface area contributed by atoms with Gasteiger partial charge in [0.15, 0.2) is 0 Å². The number of anilines is 1. The minimum absolute atomic E-state index is 0.206. The Bertz CT molecular complexity index is 531. The zero-order valence-corrected chi connectivity index (χ0v) is 11.7. The molecule has 0 aliphatic carbocycles. The number of pyridine rings is 1. The minimum atomic E-state index is -0.206. The molecule has 0 atom stereocenters. The maximum atomic E-state index is 13.1. The van der Waals surface area contributed by atoms with Crippen molar-refractivity contribution in [1.82, 2.24) is 4.98 Å². The van der Waals surface area contributed by atoms with Gasteiger partial charge >= 0.3 is 0 Å². The van der Waals surface area contributed by atoms with Crippen LogP contribution in [0.3, 0.4) is 0 Å². The highest BCUT2D eigenvalue weighted by molar-refractivity contribution is 9.08. The van der Waals surface area contributed by atoms with Gasteiger partial charge in [-0.25, -0.2) is 9.37 Å². The van der Waals surface area contributed by atoms with Crippen LogP contribution < -0.4 is 4.90 Å². The molecule has 0 saturated carbocycles. The molecule has 1 aromatic heterocycles. The lowest BCUT2D eigenvalue weighted by atomic mass is 10.2. The van der Waals surface area contributed by atoms with E-state index in [0.29, 0.717) is 6.54 Å². The maximum absolute atomic E-state index is 13.1. The van der Waals surface area contributed by atoms with Crippen molar-refractivity contribution in [2.45, 2.75) is 11.9 Å². The zero-order chi connectivity index (χ0) is 13.0. The number of aromatic nitrogens is 1. The molecule has 4 heteroatoms. The van der Waals surface area contributed by atoms with Gasteiger partial charge in [0, 0.05) is 30.7 Å². The van der Waals surface area contributed by atoms with Gasteiger partial charge in [-0.15, -0.1) is 0 Å². The summed E-state index contributed by atoms with van der Waals surface area (Å²) in [7, 11) is 1.96. The second kappa shape index (κ2) is 5.96. The number of rotatable bonds is 4. The molecule has 94 valence electrons. The molecule has 0 fully saturated rings. The van der Waals surface area contributed by atoms with Gasteiger partial charge < -0.3 is 4.90 Å². The van der Waals surface area contributed by atoms with E-state index in [0.717, 1.165) is 22.3 Å². The first-order valence-corrected chi connectivity index (χ1v) is 6.78. The molecule has 0 spiro atoms. The van der Waals surface area contributed by atoms with Crippen LogP contribution in [0.25, 0.3) is 0 Å². The van der Waals surface area contributed by atoms with E-state index in [9.17, 15) is 4.39 Å². The first-order valence-electron chi connectivity index (χ1n) is 5.66. The van der Waals surface area contributed by atoms with E-state index >= 15 is 0 Å². The minimum Gasteiger partial charge on any atom is -0.355 e. The monoisotopic (exact) mass is 308 g/mol. The van der Waals surface area contributed by atoms with Gasteiger partial charge in [0.1, 0.15) is 11.6 Å². The SMILES string of the molecule is CN(Cc1cccc(F)c1)c1ncccc1CBr. The summed E-state index contributed by atoms with van der Waals surface area (Å²) in [4.78, 5) is 6.39. The zero-order valence-electron chi connectivity index (χ0n) is 10.1. The summed E-state index contributed by atoms with van der Waals surface area (Å²) in [5.74, 6) is 0.710. The number of hydrogen-bond donors (Lipinski definition) is 0. The summed E-state index contributed by atoms with van der Waals surface area (Å²) in [6, 6.07) is 10.6. The Hall–Kier alpha value is -1.42. The van der Waals surface area contributed by atoms with Crippen molar-refractivity contribution < 1.29 is 4.39 Å². The van der Waals surface area contributed by atoms with E-state index in [1.165, 1.54) is 6.07 Å². The van der Waals surface area contributed by atoms with E-state index in [-0.39, 0.29) is 5.82 Å². The standard InChI is InChI=1S/C14H14BrFN2/c1-18(10-11-4-2-6-13(16)8-11)14-12(9-15)5-3-7-17-14/h2-8H,9-10H2,1H3. The number of alkyl halides is 1. The summed E-state index contributed by atoms with van der Waals surface area (Å²) in [5.41, 5.74) is 2.06. The van der Waals surface area contributed by atoms with Crippen LogP contribution in [0.1, 0.15) is 11.1 Å². The number of halogens is 2. The molecule has 1 aromatic carbocycles. The molecule has 0 aliphatic heterocycles. The number of benzene rings is 1. The van der Waals surface area contributed by atoms with Crippen LogP contribution in [0.4, 0.5) is 10.2 Å². The van der Waals surface area contributed by atoms with E-state index in [1.54, 1.807) is 18.3 Å². The Labute approximate surface area is 115 Å². The molecule has 0 radical (unpaired) electrons. The van der Waals surface area contributed by atoms with Crippen molar-refractivity contribution in [3.63, 3.8) is 0 Å². The lowest BCUT2D eigenvalue weighted by molar-refractivity contribution is 0.625. The molecule has 0 amide bonds. The Morgan fingerprint density at radius 3 is 2.83 bits per heavy atom. The predicted octanol–water partition coefficient (Wildman–Crippen LogP) is 3.75. The van der Waals surface area contributed by atoms with Gasteiger partial charge in [-0.3, -0.25) is 0 Å². The Morgan fingerprint density at radius 1 is 1.28 bits per heavy atom. The smallest absolute Gasteiger partial charge is 0.132 e. The molecular formula is C14H14BrFN2. The molecule has 2 aromatic rings. The second-order valence-electron chi connectivity index (χ2n) is 4.11. The Morgan fingerprint density at radius 2 is 2.11 bits per heavy atom. The second-order valence-corrected chi connectivity index (χ2v) is 4.67. The fourth-order valence-electron chi connectivity index (χ4n) is 1.86. The van der Waals surface area contributed by atoms with Crippen molar-refractivity contribution in [2.24, 2.45) is 0 Å². The van der Waals surface area contributed by atoms with Crippen molar-refractivity contribution >= 4 is 21.7 Å². The summed E-state index contributed by atoms with van der Waals surface area (Å²) < 4.78 is 13.1. The van der Waals surface area contributed by atoms with Crippen LogP contribution in [0.15, 0.2) is 42.6 Å². The van der Waals surface area contributed by atoms with Crippen LogP contribution >= 0.6 is 15.9 Å². The first-order chi connectivity index (χ1) is 8.70. The third kappa shape index (κ3) is 3.07. The van der Waals surface area contributed by atoms with E-state index in [4.69, 9.17) is 0 Å². The molecule has 0 unspecified atom stereocenters. The van der Waals surface area contributed by atoms with Gasteiger partial charge in [-0.1, -0.05) is 34.1 Å². The lowest BCUT2D eigenvalue weighted by Crippen LogP contribution is -2.19. The highest BCUT2D eigenvalue weighted by atomic mass is 79.9. The van der Waals surface area contributed by atoms with Gasteiger partial charge in [-0.05, 0) is 23.8 Å². The molecule has 2 nitrogen and oxygen atoms in total. The summed E-state index contributed by atoms with van der Waals surface area (Å²) in [6.45, 7) is 0.634. The van der Waals surface area contributed by atoms with Crippen molar-refractivity contribution in [3.05, 3.63) is 59.5 Å². The van der Waals surface area contributed by atoms with Gasteiger partial charge in [-0.2, -0.15) is 0 Å². The van der Waals surface area contributed by atoms with E-state index < -0.39 is 0 Å². The summed E-state index contributed by atoms with van der Waals surface area (Å²) >= 11 is 3.45. The van der Waals surface area contributed by atoms with Crippen LogP contribution in [-0.2, 0) is 11.9 Å². The third-order valence-corrected chi connectivity index (χ3v) is 3.29. The summed E-state index contributed by atoms with van der Waals surface area (Å²) in [5, 5.41) is 0.754. The highest BCUT2D eigenvalue weighted by Crippen LogP contribution is 2.20. The fraction of sp³-hybridized carbons (Fsp3) is 0.214. The molecule has 2 rings (SSSR count). The Kier molecular flexibility index (Phi) is 4.31. The molecule has 0 bridgehead atoms. The number of hydrogen-bond acceptors (Lipinski definition) is 2. The van der Waals surface area contributed by atoms with Crippen LogP contribution in [-0.4, -0.2) is 12.0 Å².